The molecule has 0 aromatic rings. The van der Waals surface area contributed by atoms with Gasteiger partial charge in [-0.1, -0.05) is 0 Å². The Hall–Kier alpha value is -0.780. The maximum Gasteiger partial charge on any atom is 0.543 e. The lowest BCUT2D eigenvalue weighted by Crippen LogP contribution is -2.28. The van der Waals surface area contributed by atoms with Gasteiger partial charge in [-0.3, -0.25) is 4.79 Å². The van der Waals surface area contributed by atoms with E-state index in [4.69, 9.17) is 0 Å². The molecule has 0 atom stereocenters. The third-order valence-corrected chi connectivity index (χ3v) is 0.310. The van der Waals surface area contributed by atoms with Gasteiger partial charge in [0.25, 0.3) is 0 Å². The molecule has 0 aromatic heterocycles. The van der Waals surface area contributed by atoms with Crippen molar-refractivity contribution < 1.29 is 22.8 Å². The zero-order chi connectivity index (χ0) is 7.49. The molecule has 0 spiro atoms. The number of hydrogen-bond acceptors (Lipinski definition) is 2. The van der Waals surface area contributed by atoms with Gasteiger partial charge < -0.3 is 0 Å². The van der Waals surface area contributed by atoms with Crippen LogP contribution in [0.5, 0.6) is 0 Å². The summed E-state index contributed by atoms with van der Waals surface area (Å²) in [4.78, 5) is 12.6. The molecule has 1 amide bonds. The van der Waals surface area contributed by atoms with Gasteiger partial charge in [0.1, 0.15) is 0 Å². The highest BCUT2D eigenvalue weighted by atomic mass is 19.4. The van der Waals surface area contributed by atoms with E-state index in [-0.39, 0.29) is 0 Å². The lowest BCUT2D eigenvalue weighted by atomic mass is 10.8. The molecule has 0 saturated heterocycles. The second-order valence-electron chi connectivity index (χ2n) is 1.21. The maximum atomic E-state index is 11.0. The lowest BCUT2D eigenvalue weighted by molar-refractivity contribution is -0.345. The molecule has 6 heteroatoms. The summed E-state index contributed by atoms with van der Waals surface area (Å²) < 4.78 is 32.9. The monoisotopic (exact) mass is 143 g/mol. The Kier molecular flexibility index (Phi) is 2.44. The number of rotatable bonds is 1. The molecule has 0 aliphatic rings. The zero-order valence-electron chi connectivity index (χ0n) is 4.45. The van der Waals surface area contributed by atoms with Crippen LogP contribution in [-0.4, -0.2) is 12.3 Å². The predicted octanol–water partition coefficient (Wildman–Crippen LogP) is 0.574. The smallest absolute Gasteiger partial charge is 0.273 e. The van der Waals surface area contributed by atoms with Gasteiger partial charge in [0.15, 0.2) is 0 Å². The van der Waals surface area contributed by atoms with E-state index in [0.29, 0.717) is 0 Å². The SMILES string of the molecule is CC(=O)NOC(F)(F)F. The molecule has 0 aromatic carbocycles. The van der Waals surface area contributed by atoms with Crippen molar-refractivity contribution in [1.82, 2.24) is 5.48 Å². The summed E-state index contributed by atoms with van der Waals surface area (Å²) in [6.07, 6.45) is -4.80. The second kappa shape index (κ2) is 2.67. The van der Waals surface area contributed by atoms with Gasteiger partial charge >= 0.3 is 6.36 Å². The van der Waals surface area contributed by atoms with Crippen LogP contribution in [0.2, 0.25) is 0 Å². The number of carbonyl (C=O) groups excluding carboxylic acids is 1. The number of halogens is 3. The second-order valence-corrected chi connectivity index (χ2v) is 1.21. The van der Waals surface area contributed by atoms with E-state index < -0.39 is 12.3 Å². The van der Waals surface area contributed by atoms with E-state index in [1.807, 2.05) is 0 Å². The van der Waals surface area contributed by atoms with Crippen LogP contribution in [0.25, 0.3) is 0 Å². The fourth-order valence-electron chi connectivity index (χ4n) is 0.130. The fraction of sp³-hybridized carbons (Fsp3) is 0.667. The molecular formula is C3H4F3NO2. The van der Waals surface area contributed by atoms with Crippen LogP contribution in [0.15, 0.2) is 0 Å². The number of hydrogen-bond donors (Lipinski definition) is 1. The first-order valence-electron chi connectivity index (χ1n) is 1.93. The van der Waals surface area contributed by atoms with E-state index in [9.17, 15) is 18.0 Å². The van der Waals surface area contributed by atoms with Crippen molar-refractivity contribution in [3.05, 3.63) is 0 Å². The number of alkyl halides is 3. The van der Waals surface area contributed by atoms with Crippen LogP contribution in [0, 0.1) is 0 Å². The third-order valence-electron chi connectivity index (χ3n) is 0.310. The molecule has 3 nitrogen and oxygen atoms in total. The summed E-state index contributed by atoms with van der Waals surface area (Å²) in [6.45, 7) is 0.908. The fourth-order valence-corrected chi connectivity index (χ4v) is 0.130. The van der Waals surface area contributed by atoms with Gasteiger partial charge in [-0.2, -0.15) is 4.84 Å². The Labute approximate surface area is 48.7 Å². The Balaban J connectivity index is 3.39. The van der Waals surface area contributed by atoms with Gasteiger partial charge in [0, 0.05) is 6.92 Å². The molecule has 0 aliphatic heterocycles. The molecule has 0 rings (SSSR count). The molecule has 0 heterocycles. The molecule has 0 bridgehead atoms. The first-order valence-corrected chi connectivity index (χ1v) is 1.93. The predicted molar refractivity (Wildman–Crippen MR) is 21.0 cm³/mol. The van der Waals surface area contributed by atoms with Crippen molar-refractivity contribution >= 4 is 5.91 Å². The molecular weight excluding hydrogens is 139 g/mol. The van der Waals surface area contributed by atoms with Crippen molar-refractivity contribution in [2.24, 2.45) is 0 Å². The van der Waals surface area contributed by atoms with E-state index in [2.05, 4.69) is 4.84 Å². The van der Waals surface area contributed by atoms with Crippen LogP contribution in [0.1, 0.15) is 6.92 Å². The summed E-state index contributed by atoms with van der Waals surface area (Å²) in [5, 5.41) is 0. The van der Waals surface area contributed by atoms with Crippen LogP contribution < -0.4 is 5.48 Å². The molecule has 0 saturated carbocycles. The molecule has 0 unspecified atom stereocenters. The topological polar surface area (TPSA) is 38.3 Å². The molecule has 9 heavy (non-hydrogen) atoms. The highest BCUT2D eigenvalue weighted by Gasteiger charge is 2.30. The minimum Gasteiger partial charge on any atom is -0.273 e. The van der Waals surface area contributed by atoms with Crippen LogP contribution >= 0.6 is 0 Å². The minimum absolute atomic E-state index is 0.896. The van der Waals surface area contributed by atoms with Gasteiger partial charge in [-0.15, -0.1) is 13.2 Å². The highest BCUT2D eigenvalue weighted by Crippen LogP contribution is 2.13. The lowest BCUT2D eigenvalue weighted by Gasteiger charge is -2.04. The van der Waals surface area contributed by atoms with Gasteiger partial charge in [0.05, 0.1) is 0 Å². The van der Waals surface area contributed by atoms with Crippen molar-refractivity contribution in [3.63, 3.8) is 0 Å². The Morgan fingerprint density at radius 1 is 1.56 bits per heavy atom. The molecule has 0 aliphatic carbocycles. The van der Waals surface area contributed by atoms with E-state index in [1.165, 1.54) is 0 Å². The van der Waals surface area contributed by atoms with E-state index >= 15 is 0 Å². The third kappa shape index (κ3) is 7.22. The number of nitrogens with one attached hydrogen (secondary N) is 1. The average molecular weight is 143 g/mol. The first kappa shape index (κ1) is 8.22. The zero-order valence-corrected chi connectivity index (χ0v) is 4.45. The van der Waals surface area contributed by atoms with Crippen molar-refractivity contribution in [3.8, 4) is 0 Å². The minimum atomic E-state index is -4.80. The Morgan fingerprint density at radius 2 is 2.00 bits per heavy atom. The summed E-state index contributed by atoms with van der Waals surface area (Å²) in [5.41, 5.74) is 1.12. The van der Waals surface area contributed by atoms with Crippen LogP contribution in [-0.2, 0) is 9.63 Å². The molecule has 0 radical (unpaired) electrons. The quantitative estimate of drug-likeness (QED) is 0.545. The van der Waals surface area contributed by atoms with Gasteiger partial charge in [-0.25, -0.2) is 5.48 Å². The summed E-state index contributed by atoms with van der Waals surface area (Å²) in [6, 6.07) is 0. The van der Waals surface area contributed by atoms with Crippen molar-refractivity contribution in [2.45, 2.75) is 13.3 Å². The standard InChI is InChI=1S/C3H4F3NO2/c1-2(8)7-9-3(4,5)6/h1H3,(H,7,8). The number of hydroxylamine groups is 1. The summed E-state index contributed by atoms with van der Waals surface area (Å²) >= 11 is 0. The Morgan fingerprint density at radius 3 is 2.11 bits per heavy atom. The van der Waals surface area contributed by atoms with Crippen molar-refractivity contribution in [1.29, 1.82) is 0 Å². The molecule has 54 valence electrons. The highest BCUT2D eigenvalue weighted by molar-refractivity contribution is 5.71. The number of amides is 1. The van der Waals surface area contributed by atoms with Crippen LogP contribution in [0.3, 0.4) is 0 Å². The van der Waals surface area contributed by atoms with Crippen LogP contribution in [0.4, 0.5) is 13.2 Å². The number of carbonyl (C=O) groups is 1. The van der Waals surface area contributed by atoms with Crippen molar-refractivity contribution in [2.75, 3.05) is 0 Å². The van der Waals surface area contributed by atoms with E-state index in [0.717, 1.165) is 12.4 Å². The Bertz CT molecular complexity index is 110. The first-order chi connectivity index (χ1) is 3.92. The average Bonchev–Trinajstić information content (AvgIpc) is 1.59. The van der Waals surface area contributed by atoms with E-state index in [1.54, 1.807) is 0 Å². The van der Waals surface area contributed by atoms with Gasteiger partial charge in [-0.05, 0) is 0 Å². The summed E-state index contributed by atoms with van der Waals surface area (Å²) in [7, 11) is 0. The normalized spacial score (nSPS) is 11.1. The molecule has 1 N–H and O–H groups in total. The molecule has 0 fully saturated rings. The largest absolute Gasteiger partial charge is 0.543 e. The van der Waals surface area contributed by atoms with Gasteiger partial charge in [0.2, 0.25) is 5.91 Å². The summed E-state index contributed by atoms with van der Waals surface area (Å²) in [5.74, 6) is -0.896. The maximum absolute atomic E-state index is 11.0.